The van der Waals surface area contributed by atoms with Crippen LogP contribution >= 0.6 is 0 Å². The second-order valence-electron chi connectivity index (χ2n) is 4.88. The van der Waals surface area contributed by atoms with Crippen molar-refractivity contribution >= 4 is 0 Å². The fourth-order valence-corrected chi connectivity index (χ4v) is 1.80. The molecule has 0 amide bonds. The topological polar surface area (TPSA) is 64.7 Å². The van der Waals surface area contributed by atoms with Gasteiger partial charge < -0.3 is 20.3 Å². The molecule has 1 aromatic carbocycles. The van der Waals surface area contributed by atoms with Gasteiger partial charge in [0.2, 0.25) is 0 Å². The van der Waals surface area contributed by atoms with Crippen LogP contribution in [0.15, 0.2) is 30.3 Å². The van der Waals surface area contributed by atoms with Gasteiger partial charge in [0.15, 0.2) is 0 Å². The smallest absolute Gasteiger partial charge is 0.104 e. The molecule has 0 aliphatic carbocycles. The maximum atomic E-state index is 10.5. The normalized spacial score (nSPS) is 14.6. The summed E-state index contributed by atoms with van der Waals surface area (Å²) >= 11 is 0. The van der Waals surface area contributed by atoms with Crippen molar-refractivity contribution in [2.45, 2.75) is 32.0 Å². The monoisotopic (exact) mass is 267 g/mol. The number of benzene rings is 1. The van der Waals surface area contributed by atoms with E-state index < -0.39 is 5.60 Å². The zero-order chi connectivity index (χ0) is 14.1. The van der Waals surface area contributed by atoms with Crippen LogP contribution in [0, 0.1) is 0 Å². The van der Waals surface area contributed by atoms with Gasteiger partial charge in [0, 0.05) is 19.6 Å². The number of nitrogens with two attached hydrogens (primary N) is 1. The fraction of sp³-hybridized carbons (Fsp3) is 0.600. The van der Waals surface area contributed by atoms with Gasteiger partial charge in [-0.15, -0.1) is 0 Å². The highest BCUT2D eigenvalue weighted by molar-refractivity contribution is 5.22. The Kier molecular flexibility index (Phi) is 7.02. The van der Waals surface area contributed by atoms with Crippen molar-refractivity contribution in [3.05, 3.63) is 35.9 Å². The quantitative estimate of drug-likeness (QED) is 0.668. The van der Waals surface area contributed by atoms with E-state index in [-0.39, 0.29) is 12.6 Å². The Hall–Kier alpha value is -0.940. The lowest BCUT2D eigenvalue weighted by molar-refractivity contribution is -0.0181. The van der Waals surface area contributed by atoms with E-state index >= 15 is 0 Å². The van der Waals surface area contributed by atoms with Crippen LogP contribution in [0.25, 0.3) is 0 Å². The van der Waals surface area contributed by atoms with E-state index in [1.165, 1.54) is 0 Å². The molecule has 0 aromatic heterocycles. The second-order valence-corrected chi connectivity index (χ2v) is 4.88. The average Bonchev–Trinajstić information content (AvgIpc) is 2.43. The maximum Gasteiger partial charge on any atom is 0.104 e. The first kappa shape index (κ1) is 16.1. The molecule has 4 heteroatoms. The number of ether oxygens (including phenoxy) is 2. The Balaban J connectivity index is 2.33. The van der Waals surface area contributed by atoms with E-state index in [0.29, 0.717) is 26.2 Å². The van der Waals surface area contributed by atoms with Gasteiger partial charge in [0.1, 0.15) is 5.60 Å². The van der Waals surface area contributed by atoms with Crippen molar-refractivity contribution in [3.63, 3.8) is 0 Å². The van der Waals surface area contributed by atoms with Crippen molar-refractivity contribution in [2.24, 2.45) is 5.73 Å². The van der Waals surface area contributed by atoms with Crippen molar-refractivity contribution in [3.8, 4) is 0 Å². The minimum Gasteiger partial charge on any atom is -0.384 e. The minimum atomic E-state index is -1.01. The summed E-state index contributed by atoms with van der Waals surface area (Å²) in [5, 5.41) is 10.5. The van der Waals surface area contributed by atoms with Crippen LogP contribution in [0.2, 0.25) is 0 Å². The molecule has 0 radical (unpaired) electrons. The largest absolute Gasteiger partial charge is 0.384 e. The average molecular weight is 267 g/mol. The Morgan fingerprint density at radius 1 is 1.16 bits per heavy atom. The summed E-state index contributed by atoms with van der Waals surface area (Å²) in [6, 6.07) is 9.48. The van der Waals surface area contributed by atoms with E-state index in [0.717, 1.165) is 5.56 Å². The number of aliphatic hydroxyl groups is 1. The first-order valence-electron chi connectivity index (χ1n) is 6.76. The molecular formula is C15H25NO3. The summed E-state index contributed by atoms with van der Waals surface area (Å²) in [6.45, 7) is 5.73. The Morgan fingerprint density at radius 2 is 1.84 bits per heavy atom. The molecule has 0 aliphatic rings. The molecule has 0 spiro atoms. The van der Waals surface area contributed by atoms with Crippen LogP contribution < -0.4 is 5.73 Å². The van der Waals surface area contributed by atoms with Crippen LogP contribution in [-0.4, -0.2) is 37.6 Å². The molecule has 0 saturated heterocycles. The van der Waals surface area contributed by atoms with Gasteiger partial charge in [0.05, 0.1) is 19.3 Å². The molecule has 1 atom stereocenters. The van der Waals surface area contributed by atoms with Crippen molar-refractivity contribution in [1.29, 1.82) is 0 Å². The summed E-state index contributed by atoms with van der Waals surface area (Å²) in [7, 11) is 0. The zero-order valence-electron chi connectivity index (χ0n) is 11.8. The van der Waals surface area contributed by atoms with Gasteiger partial charge in [-0.2, -0.15) is 0 Å². The molecule has 1 rings (SSSR count). The molecule has 0 saturated carbocycles. The molecule has 0 heterocycles. The van der Waals surface area contributed by atoms with Gasteiger partial charge in [0.25, 0.3) is 0 Å². The summed E-state index contributed by atoms with van der Waals surface area (Å²) in [4.78, 5) is 0. The molecule has 19 heavy (non-hydrogen) atoms. The van der Waals surface area contributed by atoms with Gasteiger partial charge in [-0.1, -0.05) is 30.3 Å². The molecule has 0 bridgehead atoms. The maximum absolute atomic E-state index is 10.5. The lowest BCUT2D eigenvalue weighted by atomic mass is 9.91. The Labute approximate surface area is 115 Å². The second kappa shape index (κ2) is 8.27. The molecule has 108 valence electrons. The number of hydrogen-bond donors (Lipinski definition) is 2. The molecule has 0 fully saturated rings. The van der Waals surface area contributed by atoms with Crippen LogP contribution in [0.5, 0.6) is 0 Å². The van der Waals surface area contributed by atoms with Crippen molar-refractivity contribution < 1.29 is 14.6 Å². The lowest BCUT2D eigenvalue weighted by Crippen LogP contribution is -2.36. The van der Waals surface area contributed by atoms with Crippen molar-refractivity contribution in [2.75, 3.05) is 26.4 Å². The van der Waals surface area contributed by atoms with E-state index in [1.807, 2.05) is 44.2 Å². The molecule has 3 N–H and O–H groups in total. The Morgan fingerprint density at radius 3 is 2.42 bits per heavy atom. The summed E-state index contributed by atoms with van der Waals surface area (Å²) in [5.41, 5.74) is 5.51. The Bertz CT molecular complexity index is 343. The third-order valence-corrected chi connectivity index (χ3v) is 2.99. The van der Waals surface area contributed by atoms with E-state index in [4.69, 9.17) is 15.2 Å². The summed E-state index contributed by atoms with van der Waals surface area (Å²) in [6.07, 6.45) is 0.698. The van der Waals surface area contributed by atoms with Crippen LogP contribution in [0.3, 0.4) is 0 Å². The first-order valence-corrected chi connectivity index (χ1v) is 6.76. The predicted molar refractivity (Wildman–Crippen MR) is 75.9 cm³/mol. The highest BCUT2D eigenvalue weighted by atomic mass is 16.5. The van der Waals surface area contributed by atoms with E-state index in [9.17, 15) is 5.11 Å². The van der Waals surface area contributed by atoms with E-state index in [1.54, 1.807) is 0 Å². The van der Waals surface area contributed by atoms with Crippen molar-refractivity contribution in [1.82, 2.24) is 0 Å². The van der Waals surface area contributed by atoms with E-state index in [2.05, 4.69) is 0 Å². The summed E-state index contributed by atoms with van der Waals surface area (Å²) in [5.74, 6) is 0. The lowest BCUT2D eigenvalue weighted by Gasteiger charge is -2.27. The van der Waals surface area contributed by atoms with Gasteiger partial charge in [-0.3, -0.25) is 0 Å². The van der Waals surface area contributed by atoms with Gasteiger partial charge >= 0.3 is 0 Å². The highest BCUT2D eigenvalue weighted by Crippen LogP contribution is 2.23. The SMILES string of the molecule is CC(C)OCCOCCC(O)(CN)c1ccccc1. The molecule has 1 aromatic rings. The van der Waals surface area contributed by atoms with Gasteiger partial charge in [-0.25, -0.2) is 0 Å². The third kappa shape index (κ3) is 5.70. The van der Waals surface area contributed by atoms with Crippen LogP contribution in [0.4, 0.5) is 0 Å². The number of rotatable bonds is 9. The third-order valence-electron chi connectivity index (χ3n) is 2.99. The predicted octanol–water partition coefficient (Wildman–Crippen LogP) is 1.66. The molecular weight excluding hydrogens is 242 g/mol. The van der Waals surface area contributed by atoms with Gasteiger partial charge in [-0.05, 0) is 19.4 Å². The fourth-order valence-electron chi connectivity index (χ4n) is 1.80. The molecule has 4 nitrogen and oxygen atoms in total. The zero-order valence-corrected chi connectivity index (χ0v) is 11.8. The highest BCUT2D eigenvalue weighted by Gasteiger charge is 2.26. The molecule has 1 unspecified atom stereocenters. The summed E-state index contributed by atoms with van der Waals surface area (Å²) < 4.78 is 10.8. The minimum absolute atomic E-state index is 0.183. The van der Waals surface area contributed by atoms with Crippen LogP contribution in [0.1, 0.15) is 25.8 Å². The standard InChI is InChI=1S/C15H25NO3/c1-13(2)19-11-10-18-9-8-15(17,12-16)14-6-4-3-5-7-14/h3-7,13,17H,8-12,16H2,1-2H3. The number of hydrogen-bond acceptors (Lipinski definition) is 4. The first-order chi connectivity index (χ1) is 9.08. The van der Waals surface area contributed by atoms with Crippen LogP contribution in [-0.2, 0) is 15.1 Å². The molecule has 0 aliphatic heterocycles.